The van der Waals surface area contributed by atoms with Crippen LogP contribution in [0.1, 0.15) is 22.8 Å². The maximum Gasteiger partial charge on any atom is 0.338 e. The minimum atomic E-state index is -0.460. The number of hydrogen-bond acceptors (Lipinski definition) is 7. The molecule has 184 valence electrons. The molecule has 2 aromatic heterocycles. The fourth-order valence-corrected chi connectivity index (χ4v) is 4.68. The Balaban J connectivity index is 1.56. The van der Waals surface area contributed by atoms with Crippen LogP contribution in [0.5, 0.6) is 5.88 Å². The molecule has 2 heterocycles. The van der Waals surface area contributed by atoms with Crippen molar-refractivity contribution in [1.29, 1.82) is 0 Å². The van der Waals surface area contributed by atoms with Crippen molar-refractivity contribution in [2.45, 2.75) is 6.92 Å². The summed E-state index contributed by atoms with van der Waals surface area (Å²) >= 11 is 7.33. The van der Waals surface area contributed by atoms with Gasteiger partial charge in [-0.05, 0) is 49.4 Å². The smallest absolute Gasteiger partial charge is 0.338 e. The molecule has 0 atom stereocenters. The molecule has 0 saturated carbocycles. The van der Waals surface area contributed by atoms with Crippen LogP contribution in [0.25, 0.3) is 27.7 Å². The van der Waals surface area contributed by atoms with E-state index in [0.717, 1.165) is 11.3 Å². The molecule has 0 unspecified atom stereocenters. The first-order valence-corrected chi connectivity index (χ1v) is 12.6. The summed E-state index contributed by atoms with van der Waals surface area (Å²) in [5.41, 5.74) is 2.39. The number of ether oxygens (including phenoxy) is 1. The number of carbonyl (C=O) groups excluding carboxylic acids is 1. The van der Waals surface area contributed by atoms with Crippen LogP contribution in [-0.4, -0.2) is 33.4 Å². The molecule has 0 spiro atoms. The van der Waals surface area contributed by atoms with Crippen molar-refractivity contribution >= 4 is 51.0 Å². The minimum Gasteiger partial charge on any atom is -0.494 e. The van der Waals surface area contributed by atoms with Crippen LogP contribution in [0.15, 0.2) is 88.0 Å². The van der Waals surface area contributed by atoms with Crippen LogP contribution in [0, 0.1) is 0 Å². The van der Waals surface area contributed by atoms with E-state index < -0.39 is 11.5 Å². The van der Waals surface area contributed by atoms with Crippen LogP contribution in [0.4, 0.5) is 5.13 Å². The monoisotopic (exact) mass is 529 g/mol. The van der Waals surface area contributed by atoms with Crippen LogP contribution in [0.2, 0.25) is 5.02 Å². The van der Waals surface area contributed by atoms with E-state index in [2.05, 4.69) is 9.98 Å². The first kappa shape index (κ1) is 24.4. The summed E-state index contributed by atoms with van der Waals surface area (Å²) in [5, 5.41) is 15.2. The number of benzene rings is 3. The quantitative estimate of drug-likeness (QED) is 0.203. The zero-order valence-electron chi connectivity index (χ0n) is 19.6. The first-order chi connectivity index (χ1) is 18.0. The van der Waals surface area contributed by atoms with Gasteiger partial charge >= 0.3 is 5.97 Å². The summed E-state index contributed by atoms with van der Waals surface area (Å²) in [6, 6.07) is 20.6. The van der Waals surface area contributed by atoms with Crippen molar-refractivity contribution in [2.75, 3.05) is 6.61 Å². The van der Waals surface area contributed by atoms with Crippen LogP contribution >= 0.6 is 22.9 Å². The first-order valence-electron chi connectivity index (χ1n) is 11.4. The Labute approximate surface area is 220 Å². The van der Waals surface area contributed by atoms with E-state index >= 15 is 0 Å². The third-order valence-corrected chi connectivity index (χ3v) is 6.68. The molecule has 0 bridgehead atoms. The predicted octanol–water partition coefficient (Wildman–Crippen LogP) is 6.40. The molecular weight excluding hydrogens is 510 g/mol. The number of aromatic nitrogens is 2. The van der Waals surface area contributed by atoms with Gasteiger partial charge in [-0.25, -0.2) is 19.3 Å². The molecule has 37 heavy (non-hydrogen) atoms. The SMILES string of the molecule is CCOC(=O)c1ccc(-n2c(O)c(/C=N/c3nc(-c4ccc(Cl)cc4)cs3)c3ccccc3c2=O)cc1. The fraction of sp³-hybridized carbons (Fsp3) is 0.0714. The Morgan fingerprint density at radius 3 is 2.49 bits per heavy atom. The third kappa shape index (κ3) is 4.89. The number of aliphatic imine (C=N–C) groups is 1. The highest BCUT2D eigenvalue weighted by molar-refractivity contribution is 7.13. The predicted molar refractivity (Wildman–Crippen MR) is 147 cm³/mol. The summed E-state index contributed by atoms with van der Waals surface area (Å²) in [7, 11) is 0. The van der Waals surface area contributed by atoms with E-state index in [9.17, 15) is 14.7 Å². The number of nitrogens with zero attached hydrogens (tertiary/aromatic N) is 3. The van der Waals surface area contributed by atoms with Gasteiger partial charge in [0.25, 0.3) is 5.56 Å². The van der Waals surface area contributed by atoms with Crippen molar-refractivity contribution in [1.82, 2.24) is 9.55 Å². The molecule has 0 aliphatic carbocycles. The molecule has 9 heteroatoms. The van der Waals surface area contributed by atoms with Gasteiger partial charge in [0.05, 0.1) is 29.1 Å². The molecule has 0 fully saturated rings. The van der Waals surface area contributed by atoms with E-state index in [0.29, 0.717) is 37.7 Å². The third-order valence-electron chi connectivity index (χ3n) is 5.68. The number of fused-ring (bicyclic) bond motifs is 1. The molecular formula is C28H20ClN3O4S. The Hall–Kier alpha value is -4.27. The second-order valence-electron chi connectivity index (χ2n) is 7.97. The minimum absolute atomic E-state index is 0.258. The van der Waals surface area contributed by atoms with Crippen LogP contribution in [0.3, 0.4) is 0 Å². The average molecular weight is 530 g/mol. The van der Waals surface area contributed by atoms with E-state index in [-0.39, 0.29) is 12.5 Å². The molecule has 0 aliphatic rings. The standard InChI is InChI=1S/C28H20ClN3O4S/c1-2-36-27(35)18-9-13-20(14-10-18)32-25(33)22-6-4-3-5-21(22)23(26(32)34)15-30-28-31-24(16-37-28)17-7-11-19(29)12-8-17/h3-16,34H,2H2,1H3/b30-15+. The molecule has 7 nitrogen and oxygen atoms in total. The number of esters is 1. The van der Waals surface area contributed by atoms with Crippen LogP contribution < -0.4 is 5.56 Å². The summed E-state index contributed by atoms with van der Waals surface area (Å²) in [6.45, 7) is 1.99. The van der Waals surface area contributed by atoms with Gasteiger partial charge in [-0.1, -0.05) is 41.9 Å². The zero-order chi connectivity index (χ0) is 25.9. The average Bonchev–Trinajstić information content (AvgIpc) is 3.39. The summed E-state index contributed by atoms with van der Waals surface area (Å²) in [6.07, 6.45) is 1.51. The number of halogens is 1. The lowest BCUT2D eigenvalue weighted by molar-refractivity contribution is 0.0526. The lowest BCUT2D eigenvalue weighted by Gasteiger charge is -2.14. The van der Waals surface area contributed by atoms with Gasteiger partial charge in [-0.15, -0.1) is 11.3 Å². The van der Waals surface area contributed by atoms with Gasteiger partial charge in [0, 0.05) is 33.0 Å². The highest BCUT2D eigenvalue weighted by atomic mass is 35.5. The van der Waals surface area contributed by atoms with E-state index in [1.165, 1.54) is 22.1 Å². The summed E-state index contributed by atoms with van der Waals surface area (Å²) in [5.74, 6) is -0.732. The number of thiazole rings is 1. The van der Waals surface area contributed by atoms with E-state index in [4.69, 9.17) is 16.3 Å². The van der Waals surface area contributed by atoms with Crippen molar-refractivity contribution in [3.8, 4) is 22.8 Å². The number of hydrogen-bond donors (Lipinski definition) is 1. The highest BCUT2D eigenvalue weighted by Gasteiger charge is 2.17. The largest absolute Gasteiger partial charge is 0.494 e. The van der Waals surface area contributed by atoms with Crippen molar-refractivity contribution in [2.24, 2.45) is 4.99 Å². The Bertz CT molecular complexity index is 1690. The van der Waals surface area contributed by atoms with Gasteiger partial charge in [-0.3, -0.25) is 4.79 Å². The van der Waals surface area contributed by atoms with Gasteiger partial charge in [-0.2, -0.15) is 0 Å². The van der Waals surface area contributed by atoms with E-state index in [1.807, 2.05) is 17.5 Å². The van der Waals surface area contributed by atoms with Gasteiger partial charge in [0.15, 0.2) is 0 Å². The molecule has 1 N–H and O–H groups in total. The van der Waals surface area contributed by atoms with Crippen molar-refractivity contribution < 1.29 is 14.6 Å². The number of carbonyl (C=O) groups is 1. The Kier molecular flexibility index (Phi) is 6.85. The zero-order valence-corrected chi connectivity index (χ0v) is 21.2. The molecule has 0 amide bonds. The number of aromatic hydroxyl groups is 1. The van der Waals surface area contributed by atoms with E-state index in [1.54, 1.807) is 67.6 Å². The number of rotatable bonds is 6. The lowest BCUT2D eigenvalue weighted by Crippen LogP contribution is -2.20. The maximum atomic E-state index is 13.3. The Morgan fingerprint density at radius 2 is 1.78 bits per heavy atom. The molecule has 3 aromatic carbocycles. The topological polar surface area (TPSA) is 93.8 Å². The van der Waals surface area contributed by atoms with Crippen LogP contribution in [-0.2, 0) is 4.74 Å². The van der Waals surface area contributed by atoms with Gasteiger partial charge in [0.1, 0.15) is 0 Å². The normalized spacial score (nSPS) is 11.3. The lowest BCUT2D eigenvalue weighted by atomic mass is 10.1. The molecule has 5 rings (SSSR count). The summed E-state index contributed by atoms with van der Waals surface area (Å²) in [4.78, 5) is 34.4. The fourth-order valence-electron chi connectivity index (χ4n) is 3.89. The second-order valence-corrected chi connectivity index (χ2v) is 9.24. The second kappa shape index (κ2) is 10.4. The molecule has 0 aliphatic heterocycles. The molecule has 0 saturated heterocycles. The Morgan fingerprint density at radius 1 is 1.08 bits per heavy atom. The van der Waals surface area contributed by atoms with Gasteiger partial charge in [0.2, 0.25) is 11.0 Å². The van der Waals surface area contributed by atoms with Crippen molar-refractivity contribution in [3.63, 3.8) is 0 Å². The molecule has 0 radical (unpaired) electrons. The number of pyridine rings is 1. The molecule has 5 aromatic rings. The van der Waals surface area contributed by atoms with Crippen molar-refractivity contribution in [3.05, 3.63) is 105 Å². The maximum absolute atomic E-state index is 13.3. The summed E-state index contributed by atoms with van der Waals surface area (Å²) < 4.78 is 6.22. The highest BCUT2D eigenvalue weighted by Crippen LogP contribution is 2.30. The van der Waals surface area contributed by atoms with Gasteiger partial charge < -0.3 is 9.84 Å².